The molecule has 2 atom stereocenters. The molecule has 0 spiro atoms. The van der Waals surface area contributed by atoms with Gasteiger partial charge in [-0.25, -0.2) is 0 Å². The van der Waals surface area contributed by atoms with Crippen molar-refractivity contribution in [1.82, 2.24) is 5.32 Å². The van der Waals surface area contributed by atoms with Gasteiger partial charge in [-0.05, 0) is 36.6 Å². The lowest BCUT2D eigenvalue weighted by atomic mass is 10.0. The summed E-state index contributed by atoms with van der Waals surface area (Å²) in [6.07, 6.45) is 0.448. The predicted molar refractivity (Wildman–Crippen MR) is 102 cm³/mol. The minimum atomic E-state index is -0.594. The van der Waals surface area contributed by atoms with Crippen LogP contribution >= 0.6 is 24.0 Å². The smallest absolute Gasteiger partial charge is 0.138 e. The quantitative estimate of drug-likeness (QED) is 0.723. The topological polar surface area (TPSA) is 41.5 Å². The van der Waals surface area contributed by atoms with Crippen molar-refractivity contribution in [3.8, 4) is 5.75 Å². The second-order valence-electron chi connectivity index (χ2n) is 5.62. The average Bonchev–Trinajstić information content (AvgIpc) is 2.59. The van der Waals surface area contributed by atoms with E-state index in [-0.39, 0.29) is 25.1 Å². The van der Waals surface area contributed by atoms with Crippen molar-refractivity contribution < 1.29 is 9.84 Å². The van der Waals surface area contributed by atoms with Gasteiger partial charge in [0.2, 0.25) is 0 Å². The van der Waals surface area contributed by atoms with Crippen LogP contribution in [0.4, 0.5) is 0 Å². The Kier molecular flexibility index (Phi) is 9.16. The molecule has 0 saturated carbocycles. The summed E-state index contributed by atoms with van der Waals surface area (Å²) in [7, 11) is 0. The van der Waals surface area contributed by atoms with Gasteiger partial charge in [0, 0.05) is 12.6 Å². The molecule has 0 aliphatic carbocycles. The van der Waals surface area contributed by atoms with Gasteiger partial charge in [0.15, 0.2) is 0 Å². The highest BCUT2D eigenvalue weighted by atomic mass is 35.5. The van der Waals surface area contributed by atoms with Crippen molar-refractivity contribution in [2.75, 3.05) is 13.2 Å². The van der Waals surface area contributed by atoms with Gasteiger partial charge >= 0.3 is 0 Å². The van der Waals surface area contributed by atoms with Crippen molar-refractivity contribution in [3.05, 3.63) is 64.7 Å². The monoisotopic (exact) mass is 369 g/mol. The standard InChI is InChI=1S/C19H24ClNO2.ClH/c1-3-15-8-10-16(11-9-15)14(2)21-12-17(22)13-23-19-7-5-4-6-18(19)20;/h4-11,14,17,21-22H,3,12-13H2,1-2H3;1H. The maximum Gasteiger partial charge on any atom is 0.138 e. The Morgan fingerprint density at radius 1 is 1.12 bits per heavy atom. The first-order valence-electron chi connectivity index (χ1n) is 7.97. The third kappa shape index (κ3) is 6.33. The third-order valence-electron chi connectivity index (χ3n) is 3.82. The Labute approximate surface area is 155 Å². The SMILES string of the molecule is CCc1ccc(C(C)NCC(O)COc2ccccc2Cl)cc1.Cl. The number of nitrogens with one attached hydrogen (secondary N) is 1. The number of aliphatic hydroxyl groups excluding tert-OH is 1. The average molecular weight is 370 g/mol. The molecular formula is C19H25Cl2NO2. The molecule has 0 aliphatic rings. The van der Waals surface area contributed by atoms with Crippen molar-refractivity contribution in [1.29, 1.82) is 0 Å². The summed E-state index contributed by atoms with van der Waals surface area (Å²) in [4.78, 5) is 0. The van der Waals surface area contributed by atoms with Gasteiger partial charge in [-0.15, -0.1) is 12.4 Å². The first-order valence-corrected chi connectivity index (χ1v) is 8.35. The molecule has 0 aliphatic heterocycles. The van der Waals surface area contributed by atoms with E-state index in [1.165, 1.54) is 11.1 Å². The fraction of sp³-hybridized carbons (Fsp3) is 0.368. The van der Waals surface area contributed by atoms with E-state index in [0.717, 1.165) is 6.42 Å². The predicted octanol–water partition coefficient (Wildman–Crippen LogP) is 4.41. The van der Waals surface area contributed by atoms with Crippen LogP contribution in [0.5, 0.6) is 5.75 Å². The summed E-state index contributed by atoms with van der Waals surface area (Å²) in [5.41, 5.74) is 2.54. The van der Waals surface area contributed by atoms with Crippen LogP contribution in [0, 0.1) is 0 Å². The van der Waals surface area contributed by atoms with E-state index >= 15 is 0 Å². The minimum Gasteiger partial charge on any atom is -0.489 e. The Bertz CT molecular complexity index is 605. The highest BCUT2D eigenvalue weighted by Crippen LogP contribution is 2.23. The maximum atomic E-state index is 10.0. The number of benzene rings is 2. The molecule has 0 aromatic heterocycles. The lowest BCUT2D eigenvalue weighted by Crippen LogP contribution is -2.33. The molecule has 24 heavy (non-hydrogen) atoms. The van der Waals surface area contributed by atoms with Crippen LogP contribution < -0.4 is 10.1 Å². The molecule has 5 heteroatoms. The molecule has 3 nitrogen and oxygen atoms in total. The van der Waals surface area contributed by atoms with Gasteiger partial charge in [-0.3, -0.25) is 0 Å². The summed E-state index contributed by atoms with van der Waals surface area (Å²) in [5, 5.41) is 13.9. The van der Waals surface area contributed by atoms with Crippen molar-refractivity contribution >= 4 is 24.0 Å². The molecule has 2 rings (SSSR count). The fourth-order valence-corrected chi connectivity index (χ4v) is 2.47. The van der Waals surface area contributed by atoms with E-state index in [1.807, 2.05) is 12.1 Å². The van der Waals surface area contributed by atoms with Crippen LogP contribution in [0.25, 0.3) is 0 Å². The molecule has 0 fully saturated rings. The molecule has 132 valence electrons. The summed E-state index contributed by atoms with van der Waals surface area (Å²) < 4.78 is 5.54. The van der Waals surface area contributed by atoms with Crippen LogP contribution in [0.15, 0.2) is 48.5 Å². The highest BCUT2D eigenvalue weighted by Gasteiger charge is 2.10. The number of rotatable bonds is 8. The van der Waals surface area contributed by atoms with Gasteiger partial charge in [-0.1, -0.05) is 54.9 Å². The molecule has 0 radical (unpaired) electrons. The van der Waals surface area contributed by atoms with Gasteiger partial charge in [0.25, 0.3) is 0 Å². The van der Waals surface area contributed by atoms with Crippen molar-refractivity contribution in [2.24, 2.45) is 0 Å². The normalized spacial score (nSPS) is 13.0. The van der Waals surface area contributed by atoms with Gasteiger partial charge < -0.3 is 15.2 Å². The molecular weight excluding hydrogens is 345 g/mol. The summed E-state index contributed by atoms with van der Waals surface area (Å²) >= 11 is 6.02. The summed E-state index contributed by atoms with van der Waals surface area (Å²) in [6, 6.07) is 16.0. The Hall–Kier alpha value is -1.26. The van der Waals surface area contributed by atoms with Gasteiger partial charge in [-0.2, -0.15) is 0 Å². The summed E-state index contributed by atoms with van der Waals surface area (Å²) in [5.74, 6) is 0.594. The number of aliphatic hydroxyl groups is 1. The van der Waals surface area contributed by atoms with Crippen LogP contribution in [-0.4, -0.2) is 24.4 Å². The molecule has 2 N–H and O–H groups in total. The lowest BCUT2D eigenvalue weighted by molar-refractivity contribution is 0.104. The van der Waals surface area contributed by atoms with E-state index < -0.39 is 6.10 Å². The second-order valence-corrected chi connectivity index (χ2v) is 6.03. The molecule has 0 amide bonds. The van der Waals surface area contributed by atoms with Crippen molar-refractivity contribution in [2.45, 2.75) is 32.4 Å². The zero-order valence-corrected chi connectivity index (χ0v) is 15.6. The molecule has 2 unspecified atom stereocenters. The lowest BCUT2D eigenvalue weighted by Gasteiger charge is -2.18. The molecule has 2 aromatic rings. The number of ether oxygens (including phenoxy) is 1. The molecule has 0 heterocycles. The van der Waals surface area contributed by atoms with E-state index in [2.05, 4.69) is 43.4 Å². The van der Waals surface area contributed by atoms with Crippen LogP contribution in [0.3, 0.4) is 0 Å². The highest BCUT2D eigenvalue weighted by molar-refractivity contribution is 6.32. The first kappa shape index (κ1) is 20.8. The Morgan fingerprint density at radius 2 is 1.79 bits per heavy atom. The number of para-hydroxylation sites is 1. The van der Waals surface area contributed by atoms with Crippen LogP contribution in [0.1, 0.15) is 31.0 Å². The molecule has 2 aromatic carbocycles. The molecule has 0 saturated heterocycles. The first-order chi connectivity index (χ1) is 11.1. The zero-order valence-electron chi connectivity index (χ0n) is 14.0. The van der Waals surface area contributed by atoms with Gasteiger partial charge in [0.1, 0.15) is 18.5 Å². The number of halogens is 2. The van der Waals surface area contributed by atoms with E-state index in [0.29, 0.717) is 17.3 Å². The Morgan fingerprint density at radius 3 is 2.42 bits per heavy atom. The van der Waals surface area contributed by atoms with E-state index in [4.69, 9.17) is 16.3 Å². The van der Waals surface area contributed by atoms with Crippen LogP contribution in [-0.2, 0) is 6.42 Å². The third-order valence-corrected chi connectivity index (χ3v) is 4.13. The van der Waals surface area contributed by atoms with Crippen LogP contribution in [0.2, 0.25) is 5.02 Å². The number of hydrogen-bond acceptors (Lipinski definition) is 3. The zero-order chi connectivity index (χ0) is 16.7. The van der Waals surface area contributed by atoms with E-state index in [1.54, 1.807) is 12.1 Å². The van der Waals surface area contributed by atoms with E-state index in [9.17, 15) is 5.11 Å². The van der Waals surface area contributed by atoms with Crippen molar-refractivity contribution in [3.63, 3.8) is 0 Å². The summed E-state index contributed by atoms with van der Waals surface area (Å²) in [6.45, 7) is 4.90. The fourth-order valence-electron chi connectivity index (χ4n) is 2.28. The largest absolute Gasteiger partial charge is 0.489 e. The Balaban J connectivity index is 0.00000288. The van der Waals surface area contributed by atoms with Gasteiger partial charge in [0.05, 0.1) is 5.02 Å². The second kappa shape index (κ2) is 10.6. The minimum absolute atomic E-state index is 0. The maximum absolute atomic E-state index is 10.0. The molecule has 0 bridgehead atoms. The number of aryl methyl sites for hydroxylation is 1. The number of hydrogen-bond donors (Lipinski definition) is 2.